The first-order valence-electron chi connectivity index (χ1n) is 3.30. The molecule has 0 aliphatic carbocycles. The maximum absolute atomic E-state index is 10.9. The third-order valence-electron chi connectivity index (χ3n) is 1.37. The van der Waals surface area contributed by atoms with Gasteiger partial charge in [-0.2, -0.15) is 13.8 Å². The molecule has 0 rings (SSSR count). The van der Waals surface area contributed by atoms with Gasteiger partial charge in [-0.3, -0.25) is 13.0 Å². The van der Waals surface area contributed by atoms with Gasteiger partial charge < -0.3 is 9.69 Å². The van der Waals surface area contributed by atoms with Crippen molar-refractivity contribution >= 4 is 5.78 Å². The fraction of sp³-hybridized carbons (Fsp3) is 0.625. The van der Waals surface area contributed by atoms with E-state index in [9.17, 15) is 4.79 Å². The van der Waals surface area contributed by atoms with Crippen LogP contribution in [0.5, 0.6) is 0 Å². The van der Waals surface area contributed by atoms with Crippen LogP contribution < -0.4 is 0 Å². The van der Waals surface area contributed by atoms with E-state index < -0.39 is 0 Å². The molecule has 11 heavy (non-hydrogen) atoms. The zero-order valence-corrected chi connectivity index (χ0v) is 10.6. The van der Waals surface area contributed by atoms with E-state index in [-0.39, 0.29) is 44.5 Å². The van der Waals surface area contributed by atoms with Gasteiger partial charge >= 0.3 is 0 Å². The average molecular weight is 230 g/mol. The third kappa shape index (κ3) is 5.05. The van der Waals surface area contributed by atoms with Crippen LogP contribution in [0.2, 0.25) is 0 Å². The van der Waals surface area contributed by atoms with Crippen molar-refractivity contribution < 1.29 is 37.5 Å². The molecule has 1 radical (unpaired) electrons. The van der Waals surface area contributed by atoms with E-state index in [1.165, 1.54) is 0 Å². The van der Waals surface area contributed by atoms with E-state index in [0.29, 0.717) is 0 Å². The molecule has 0 aromatic rings. The van der Waals surface area contributed by atoms with Crippen molar-refractivity contribution in [1.82, 2.24) is 4.90 Å². The van der Waals surface area contributed by atoms with Gasteiger partial charge in [0.1, 0.15) is 5.78 Å². The Labute approximate surface area is 94.6 Å². The number of Topliss-reactive ketones (excluding diaryl/α,β-unsaturated/α-hetero) is 1. The Kier molecular flexibility index (Phi) is 8.14. The summed E-state index contributed by atoms with van der Waals surface area (Å²) in [7, 11) is 5.48. The molecule has 63 valence electrons. The summed E-state index contributed by atoms with van der Waals surface area (Å²) in [5.74, 6) is 1.24. The van der Waals surface area contributed by atoms with E-state index in [1.807, 2.05) is 13.8 Å². The minimum atomic E-state index is -0.111. The molecule has 0 fully saturated rings. The summed E-state index contributed by atoms with van der Waals surface area (Å²) < 4.78 is 0. The van der Waals surface area contributed by atoms with Crippen LogP contribution in [-0.2, 0) is 37.5 Å². The van der Waals surface area contributed by atoms with Crippen molar-refractivity contribution in [3.8, 4) is 0 Å². The van der Waals surface area contributed by atoms with Crippen LogP contribution in [0.25, 0.3) is 0 Å². The van der Waals surface area contributed by atoms with Gasteiger partial charge in [-0.05, 0) is 14.0 Å². The zero-order valence-electron chi connectivity index (χ0n) is 7.72. The molecule has 0 saturated heterocycles. The first-order valence-corrected chi connectivity index (χ1v) is 3.30. The maximum atomic E-state index is 10.9. The number of hydrogen-bond acceptors (Lipinski definition) is 2. The number of carbonyl (C=O) groups excluding carboxylic acids is 1. The molecule has 2 nitrogen and oxygen atoms in total. The van der Waals surface area contributed by atoms with Crippen molar-refractivity contribution in [2.24, 2.45) is 0 Å². The Morgan fingerprint density at radius 1 is 1.55 bits per heavy atom. The summed E-state index contributed by atoms with van der Waals surface area (Å²) in [6, 6.07) is -0.111. The molecule has 0 aliphatic rings. The van der Waals surface area contributed by atoms with Gasteiger partial charge in [-0.1, -0.05) is 6.04 Å². The predicted octanol–water partition coefficient (Wildman–Crippen LogP) is 1.28. The van der Waals surface area contributed by atoms with Gasteiger partial charge in [0.15, 0.2) is 0 Å². The molecule has 0 heterocycles. The van der Waals surface area contributed by atoms with Gasteiger partial charge in [0.05, 0.1) is 0 Å². The first kappa shape index (κ1) is 14.3. The van der Waals surface area contributed by atoms with Gasteiger partial charge in [-0.15, -0.1) is 0 Å². The SMILES string of the molecule is [CH2-]N(C)[C@H](C(C)=O)[C-](C)C.[Y]. The normalized spacial score (nSPS) is 13.0. The zero-order chi connectivity index (χ0) is 8.31. The van der Waals surface area contributed by atoms with Gasteiger partial charge in [0.2, 0.25) is 0 Å². The number of rotatable bonds is 3. The molecule has 1 atom stereocenters. The Hall–Kier alpha value is 0.734. The molecule has 0 amide bonds. The quantitative estimate of drug-likeness (QED) is 0.680. The van der Waals surface area contributed by atoms with Crippen LogP contribution in [0.1, 0.15) is 20.8 Å². The monoisotopic (exact) mass is 230 g/mol. The van der Waals surface area contributed by atoms with Crippen LogP contribution in [0.4, 0.5) is 0 Å². The molecule has 0 N–H and O–H groups in total. The summed E-state index contributed by atoms with van der Waals surface area (Å²) in [4.78, 5) is 12.6. The molecular weight excluding hydrogens is 215 g/mol. The van der Waals surface area contributed by atoms with Crippen molar-refractivity contribution in [3.63, 3.8) is 0 Å². The van der Waals surface area contributed by atoms with Gasteiger partial charge in [-0.25, -0.2) is 0 Å². The minimum Gasteiger partial charge on any atom is -0.478 e. The molecule has 3 heteroatoms. The maximum Gasteiger partial charge on any atom is 0.114 e. The van der Waals surface area contributed by atoms with Crippen LogP contribution in [-0.4, -0.2) is 23.8 Å². The van der Waals surface area contributed by atoms with Crippen LogP contribution in [0.3, 0.4) is 0 Å². The van der Waals surface area contributed by atoms with Crippen molar-refractivity contribution in [2.75, 3.05) is 7.05 Å². The summed E-state index contributed by atoms with van der Waals surface area (Å²) >= 11 is 0. The molecule has 0 saturated carbocycles. The average Bonchev–Trinajstić information content (AvgIpc) is 1.59. The molecule has 0 aliphatic heterocycles. The van der Waals surface area contributed by atoms with E-state index in [4.69, 9.17) is 0 Å². The topological polar surface area (TPSA) is 20.3 Å². The summed E-state index contributed by atoms with van der Waals surface area (Å²) in [6.45, 7) is 5.46. The first-order chi connectivity index (χ1) is 4.46. The van der Waals surface area contributed by atoms with Crippen molar-refractivity contribution in [3.05, 3.63) is 13.0 Å². The predicted molar refractivity (Wildman–Crippen MR) is 42.2 cm³/mol. The standard InChI is InChI=1S/C8H15NO.Y/c1-6(2)8(7(3)10)9(4)5;/h8H,4H2,1-3,5H3;/q-2;/t8-;/m0./s1. The fourth-order valence-corrected chi connectivity index (χ4v) is 1.16. The Bertz CT molecular complexity index is 115. The van der Waals surface area contributed by atoms with Crippen LogP contribution in [0, 0.1) is 13.0 Å². The molecule has 0 spiro atoms. The molecule has 0 unspecified atom stereocenters. The van der Waals surface area contributed by atoms with Crippen molar-refractivity contribution in [1.29, 1.82) is 0 Å². The molecule has 0 bridgehead atoms. The largest absolute Gasteiger partial charge is 0.478 e. The van der Waals surface area contributed by atoms with Crippen molar-refractivity contribution in [2.45, 2.75) is 26.8 Å². The molecular formula is C8H15NOY-2. The summed E-state index contributed by atoms with van der Waals surface area (Å²) in [6.07, 6.45) is 0. The van der Waals surface area contributed by atoms with E-state index in [0.717, 1.165) is 5.92 Å². The van der Waals surface area contributed by atoms with Gasteiger partial charge in [0.25, 0.3) is 0 Å². The number of ketones is 1. The van der Waals surface area contributed by atoms with Crippen LogP contribution in [0.15, 0.2) is 0 Å². The van der Waals surface area contributed by atoms with E-state index >= 15 is 0 Å². The number of carbonyl (C=O) groups is 1. The second-order valence-corrected chi connectivity index (χ2v) is 2.85. The second kappa shape index (κ2) is 6.27. The molecule has 0 aromatic heterocycles. The number of likely N-dealkylation sites (N-methyl/N-ethyl adjacent to an activating group) is 1. The second-order valence-electron chi connectivity index (χ2n) is 2.85. The number of nitrogens with zero attached hydrogens (tertiary/aromatic N) is 1. The van der Waals surface area contributed by atoms with E-state index in [1.54, 1.807) is 18.9 Å². The summed E-state index contributed by atoms with van der Waals surface area (Å²) in [5.41, 5.74) is 0. The minimum absolute atomic E-state index is 0. The third-order valence-corrected chi connectivity index (χ3v) is 1.37. The number of hydrogen-bond donors (Lipinski definition) is 0. The van der Waals surface area contributed by atoms with E-state index in [2.05, 4.69) is 7.05 Å². The van der Waals surface area contributed by atoms with Gasteiger partial charge in [0, 0.05) is 32.7 Å². The Morgan fingerprint density at radius 3 is 1.91 bits per heavy atom. The smallest absolute Gasteiger partial charge is 0.114 e. The molecule has 0 aromatic carbocycles. The van der Waals surface area contributed by atoms with Crippen LogP contribution >= 0.6 is 0 Å². The fourth-order valence-electron chi connectivity index (χ4n) is 1.16. The summed E-state index contributed by atoms with van der Waals surface area (Å²) in [5, 5.41) is 0. The Balaban J connectivity index is 0. The Morgan fingerprint density at radius 2 is 1.91 bits per heavy atom.